The van der Waals surface area contributed by atoms with Gasteiger partial charge in [0.15, 0.2) is 11.6 Å². The Balaban J connectivity index is 1.51. The van der Waals surface area contributed by atoms with E-state index in [1.54, 1.807) is 18.2 Å². The first-order valence-corrected chi connectivity index (χ1v) is 10.7. The first-order valence-electron chi connectivity index (χ1n) is 10.7. The van der Waals surface area contributed by atoms with Gasteiger partial charge in [-0.1, -0.05) is 30.3 Å². The third-order valence-corrected chi connectivity index (χ3v) is 5.80. The molecule has 1 fully saturated rings. The molecule has 2 unspecified atom stereocenters. The Hall–Kier alpha value is -2.70. The van der Waals surface area contributed by atoms with Crippen LogP contribution in [-0.2, 0) is 9.47 Å². The summed E-state index contributed by atoms with van der Waals surface area (Å²) in [5.41, 5.74) is 1.69. The SMILES string of the molecule is CCOCC1CCC(c2ccc(-c3ccc(-c4ccc(F)c(F)c4)c(F)c3)c(F)c2)OC1. The van der Waals surface area contributed by atoms with Crippen LogP contribution in [0.2, 0.25) is 0 Å². The summed E-state index contributed by atoms with van der Waals surface area (Å²) in [6, 6.07) is 12.2. The van der Waals surface area contributed by atoms with Gasteiger partial charge in [-0.2, -0.15) is 0 Å². The summed E-state index contributed by atoms with van der Waals surface area (Å²) in [5.74, 6) is -2.82. The van der Waals surface area contributed by atoms with Gasteiger partial charge in [-0.05, 0) is 60.7 Å². The lowest BCUT2D eigenvalue weighted by atomic mass is 9.93. The smallest absolute Gasteiger partial charge is 0.159 e. The summed E-state index contributed by atoms with van der Waals surface area (Å²) in [7, 11) is 0. The Labute approximate surface area is 184 Å². The highest BCUT2D eigenvalue weighted by Gasteiger charge is 2.24. The second-order valence-corrected chi connectivity index (χ2v) is 7.99. The van der Waals surface area contributed by atoms with E-state index in [2.05, 4.69) is 0 Å². The van der Waals surface area contributed by atoms with Crippen LogP contribution in [0.5, 0.6) is 0 Å². The molecule has 0 bridgehead atoms. The van der Waals surface area contributed by atoms with Crippen molar-refractivity contribution in [1.82, 2.24) is 0 Å². The van der Waals surface area contributed by atoms with Gasteiger partial charge in [0, 0.05) is 23.7 Å². The molecule has 0 aliphatic carbocycles. The lowest BCUT2D eigenvalue weighted by Crippen LogP contribution is -2.24. The van der Waals surface area contributed by atoms with Crippen LogP contribution in [-0.4, -0.2) is 19.8 Å². The van der Waals surface area contributed by atoms with E-state index in [-0.39, 0.29) is 22.8 Å². The van der Waals surface area contributed by atoms with Gasteiger partial charge in [0.25, 0.3) is 0 Å². The van der Waals surface area contributed by atoms with Crippen LogP contribution in [0.4, 0.5) is 17.6 Å². The standard InChI is InChI=1S/C26H24F4O2/c1-2-31-14-16-3-10-26(32-15-16)19-5-8-21(24(29)13-19)17-4-7-20(23(28)11-17)18-6-9-22(27)25(30)12-18/h4-9,11-13,16,26H,2-3,10,14-15H2,1H3. The fourth-order valence-corrected chi connectivity index (χ4v) is 4.03. The molecule has 3 aromatic rings. The maximum atomic E-state index is 14.9. The number of hydrogen-bond acceptors (Lipinski definition) is 2. The minimum absolute atomic E-state index is 0.113. The van der Waals surface area contributed by atoms with Crippen LogP contribution in [0.15, 0.2) is 54.6 Å². The van der Waals surface area contributed by atoms with E-state index in [0.717, 1.165) is 30.5 Å². The average Bonchev–Trinajstić information content (AvgIpc) is 2.80. The molecule has 0 radical (unpaired) electrons. The summed E-state index contributed by atoms with van der Waals surface area (Å²) in [5, 5.41) is 0. The number of ether oxygens (including phenoxy) is 2. The number of benzene rings is 3. The summed E-state index contributed by atoms with van der Waals surface area (Å²) in [6.45, 7) is 3.88. The molecule has 0 spiro atoms. The average molecular weight is 444 g/mol. The van der Waals surface area contributed by atoms with Gasteiger partial charge in [-0.25, -0.2) is 17.6 Å². The van der Waals surface area contributed by atoms with E-state index in [4.69, 9.17) is 9.47 Å². The van der Waals surface area contributed by atoms with Gasteiger partial charge in [-0.15, -0.1) is 0 Å². The Morgan fingerprint density at radius 1 is 0.781 bits per heavy atom. The number of halogens is 4. The fourth-order valence-electron chi connectivity index (χ4n) is 4.03. The molecular formula is C26H24F4O2. The molecule has 0 amide bonds. The summed E-state index contributed by atoms with van der Waals surface area (Å²) >= 11 is 0. The van der Waals surface area contributed by atoms with Crippen LogP contribution in [0.1, 0.15) is 31.4 Å². The van der Waals surface area contributed by atoms with Gasteiger partial charge >= 0.3 is 0 Å². The predicted molar refractivity (Wildman–Crippen MR) is 115 cm³/mol. The molecule has 2 atom stereocenters. The van der Waals surface area contributed by atoms with Crippen molar-refractivity contribution in [2.75, 3.05) is 19.8 Å². The summed E-state index contributed by atoms with van der Waals surface area (Å²) in [6.07, 6.45) is 1.56. The first kappa shape index (κ1) is 22.5. The quantitative estimate of drug-likeness (QED) is 0.378. The zero-order chi connectivity index (χ0) is 22.7. The van der Waals surface area contributed by atoms with Crippen molar-refractivity contribution in [3.05, 3.63) is 83.4 Å². The Morgan fingerprint density at radius 2 is 1.44 bits per heavy atom. The van der Waals surface area contributed by atoms with Gasteiger partial charge in [0.1, 0.15) is 11.6 Å². The van der Waals surface area contributed by atoms with Crippen LogP contribution in [0, 0.1) is 29.2 Å². The molecule has 1 aliphatic rings. The molecule has 1 heterocycles. The van der Waals surface area contributed by atoms with E-state index in [1.807, 2.05) is 6.92 Å². The molecule has 0 saturated carbocycles. The van der Waals surface area contributed by atoms with Crippen molar-refractivity contribution in [2.24, 2.45) is 5.92 Å². The molecule has 2 nitrogen and oxygen atoms in total. The molecule has 4 rings (SSSR count). The fraction of sp³-hybridized carbons (Fsp3) is 0.308. The van der Waals surface area contributed by atoms with Crippen molar-refractivity contribution in [3.63, 3.8) is 0 Å². The maximum Gasteiger partial charge on any atom is 0.159 e. The molecule has 0 aromatic heterocycles. The lowest BCUT2D eigenvalue weighted by molar-refractivity contribution is -0.0421. The highest BCUT2D eigenvalue weighted by Crippen LogP contribution is 2.34. The zero-order valence-electron chi connectivity index (χ0n) is 17.7. The molecule has 1 saturated heterocycles. The van der Waals surface area contributed by atoms with E-state index in [0.29, 0.717) is 31.3 Å². The second kappa shape index (κ2) is 9.84. The molecule has 0 N–H and O–H groups in total. The van der Waals surface area contributed by atoms with Gasteiger partial charge in [0.05, 0.1) is 19.3 Å². The summed E-state index contributed by atoms with van der Waals surface area (Å²) < 4.78 is 67.6. The van der Waals surface area contributed by atoms with E-state index in [1.165, 1.54) is 24.3 Å². The molecule has 3 aromatic carbocycles. The molecular weight excluding hydrogens is 420 g/mol. The van der Waals surface area contributed by atoms with E-state index < -0.39 is 23.3 Å². The normalized spacial score (nSPS) is 18.7. The van der Waals surface area contributed by atoms with Crippen LogP contribution < -0.4 is 0 Å². The zero-order valence-corrected chi connectivity index (χ0v) is 17.7. The van der Waals surface area contributed by atoms with E-state index in [9.17, 15) is 17.6 Å². The molecule has 32 heavy (non-hydrogen) atoms. The van der Waals surface area contributed by atoms with Crippen molar-refractivity contribution < 1.29 is 27.0 Å². The second-order valence-electron chi connectivity index (χ2n) is 7.99. The highest BCUT2D eigenvalue weighted by molar-refractivity contribution is 5.71. The van der Waals surface area contributed by atoms with Crippen molar-refractivity contribution in [2.45, 2.75) is 25.9 Å². The van der Waals surface area contributed by atoms with Crippen molar-refractivity contribution >= 4 is 0 Å². The first-order chi connectivity index (χ1) is 15.5. The highest BCUT2D eigenvalue weighted by atomic mass is 19.2. The molecule has 168 valence electrons. The van der Waals surface area contributed by atoms with E-state index >= 15 is 0 Å². The van der Waals surface area contributed by atoms with Gasteiger partial charge < -0.3 is 9.47 Å². The largest absolute Gasteiger partial charge is 0.381 e. The van der Waals surface area contributed by atoms with Crippen LogP contribution in [0.3, 0.4) is 0 Å². The van der Waals surface area contributed by atoms with Gasteiger partial charge in [0.2, 0.25) is 0 Å². The van der Waals surface area contributed by atoms with Crippen LogP contribution >= 0.6 is 0 Å². The van der Waals surface area contributed by atoms with Crippen LogP contribution in [0.25, 0.3) is 22.3 Å². The summed E-state index contributed by atoms with van der Waals surface area (Å²) in [4.78, 5) is 0. The maximum absolute atomic E-state index is 14.9. The third kappa shape index (κ3) is 4.87. The Kier molecular flexibility index (Phi) is 6.92. The van der Waals surface area contributed by atoms with Crippen molar-refractivity contribution in [3.8, 4) is 22.3 Å². The minimum Gasteiger partial charge on any atom is -0.381 e. The monoisotopic (exact) mass is 444 g/mol. The lowest BCUT2D eigenvalue weighted by Gasteiger charge is -2.29. The minimum atomic E-state index is -1.05. The molecule has 1 aliphatic heterocycles. The third-order valence-electron chi connectivity index (χ3n) is 5.80. The Morgan fingerprint density at radius 3 is 2.03 bits per heavy atom. The Bertz CT molecular complexity index is 1090. The number of rotatable bonds is 6. The topological polar surface area (TPSA) is 18.5 Å². The van der Waals surface area contributed by atoms with Crippen molar-refractivity contribution in [1.29, 1.82) is 0 Å². The number of hydrogen-bond donors (Lipinski definition) is 0. The molecule has 6 heteroatoms. The predicted octanol–water partition coefficient (Wildman–Crippen LogP) is 7.08. The van der Waals surface area contributed by atoms with Gasteiger partial charge in [-0.3, -0.25) is 0 Å².